The van der Waals surface area contributed by atoms with E-state index in [1.165, 1.54) is 12.1 Å². The zero-order valence-electron chi connectivity index (χ0n) is 9.28. The lowest BCUT2D eigenvalue weighted by Gasteiger charge is -2.21. The number of benzene rings is 1. The Morgan fingerprint density at radius 2 is 1.93 bits per heavy atom. The quantitative estimate of drug-likeness (QED) is 0.762. The molecule has 1 aliphatic heterocycles. The minimum Gasteiger partial charge on any atom is -0.370 e. The first-order valence-electron chi connectivity index (χ1n) is 5.34. The highest BCUT2D eigenvalue weighted by Gasteiger charge is 2.23. The van der Waals surface area contributed by atoms with Gasteiger partial charge in [0.15, 0.2) is 0 Å². The van der Waals surface area contributed by atoms with Gasteiger partial charge in [-0.1, -0.05) is 11.6 Å². The summed E-state index contributed by atoms with van der Waals surface area (Å²) in [6, 6.07) is 8.79. The van der Waals surface area contributed by atoms with Gasteiger partial charge in [0.25, 0.3) is 0 Å². The predicted molar refractivity (Wildman–Crippen MR) is 65.8 cm³/mol. The molecule has 0 radical (unpaired) electrons. The van der Waals surface area contributed by atoms with Crippen molar-refractivity contribution in [3.63, 3.8) is 0 Å². The van der Waals surface area contributed by atoms with E-state index < -0.39 is 0 Å². The molecule has 1 atom stereocenters. The van der Waals surface area contributed by atoms with Crippen LogP contribution in [0, 0.1) is 0 Å². The number of nitrogens with zero attached hydrogens (tertiary/aromatic N) is 2. The van der Waals surface area contributed by atoms with Gasteiger partial charge in [0.2, 0.25) is 0 Å². The standard InChI is InChI=1S/C12H17ClN2/c1-14(2)12-7-8-15(9-12)11-5-3-10(13)4-6-11/h3-6,12H,7-9H2,1-2H3. The normalized spacial score (nSPS) is 21.3. The van der Waals surface area contributed by atoms with Crippen molar-refractivity contribution in [2.75, 3.05) is 32.1 Å². The van der Waals surface area contributed by atoms with Crippen LogP contribution in [0.3, 0.4) is 0 Å². The van der Waals surface area contributed by atoms with Crippen LogP contribution in [0.2, 0.25) is 5.02 Å². The molecule has 1 aliphatic rings. The summed E-state index contributed by atoms with van der Waals surface area (Å²) < 4.78 is 0. The first kappa shape index (κ1) is 10.8. The van der Waals surface area contributed by atoms with Crippen molar-refractivity contribution < 1.29 is 0 Å². The summed E-state index contributed by atoms with van der Waals surface area (Å²) in [6.07, 6.45) is 1.25. The van der Waals surface area contributed by atoms with Gasteiger partial charge in [-0.3, -0.25) is 0 Å². The summed E-state index contributed by atoms with van der Waals surface area (Å²) in [6.45, 7) is 2.26. The molecule has 2 rings (SSSR count). The lowest BCUT2D eigenvalue weighted by molar-refractivity contribution is 0.315. The van der Waals surface area contributed by atoms with E-state index >= 15 is 0 Å². The molecular formula is C12H17ClN2. The van der Waals surface area contributed by atoms with Gasteiger partial charge in [-0.2, -0.15) is 0 Å². The van der Waals surface area contributed by atoms with Gasteiger partial charge in [-0.25, -0.2) is 0 Å². The van der Waals surface area contributed by atoms with Gasteiger partial charge in [-0.05, 0) is 44.8 Å². The Morgan fingerprint density at radius 1 is 1.27 bits per heavy atom. The molecular weight excluding hydrogens is 208 g/mol. The summed E-state index contributed by atoms with van der Waals surface area (Å²) in [7, 11) is 4.30. The van der Waals surface area contributed by atoms with E-state index in [9.17, 15) is 0 Å². The average molecular weight is 225 g/mol. The van der Waals surface area contributed by atoms with Gasteiger partial charge in [0.1, 0.15) is 0 Å². The Hall–Kier alpha value is -0.730. The molecule has 82 valence electrons. The summed E-state index contributed by atoms with van der Waals surface area (Å²) in [4.78, 5) is 4.72. The molecule has 0 aliphatic carbocycles. The van der Waals surface area contributed by atoms with Crippen molar-refractivity contribution in [3.05, 3.63) is 29.3 Å². The molecule has 1 aromatic carbocycles. The molecule has 0 spiro atoms. The van der Waals surface area contributed by atoms with Crippen LogP contribution in [-0.4, -0.2) is 38.1 Å². The Bertz CT molecular complexity index is 321. The molecule has 1 unspecified atom stereocenters. The summed E-state index contributed by atoms with van der Waals surface area (Å²) in [5.41, 5.74) is 1.28. The van der Waals surface area contributed by atoms with Gasteiger partial charge in [-0.15, -0.1) is 0 Å². The lowest BCUT2D eigenvalue weighted by atomic mass is 10.2. The second kappa shape index (κ2) is 4.42. The molecule has 2 nitrogen and oxygen atoms in total. The SMILES string of the molecule is CN(C)C1CCN(c2ccc(Cl)cc2)C1. The number of halogens is 1. The summed E-state index contributed by atoms with van der Waals surface area (Å²) in [5.74, 6) is 0. The second-order valence-corrected chi connectivity index (χ2v) is 4.76. The Labute approximate surface area is 96.4 Å². The maximum Gasteiger partial charge on any atom is 0.0407 e. The largest absolute Gasteiger partial charge is 0.370 e. The van der Waals surface area contributed by atoms with Gasteiger partial charge in [0.05, 0.1) is 0 Å². The van der Waals surface area contributed by atoms with E-state index in [0.717, 1.165) is 18.1 Å². The van der Waals surface area contributed by atoms with E-state index in [-0.39, 0.29) is 0 Å². The van der Waals surface area contributed by atoms with Crippen molar-refractivity contribution in [2.24, 2.45) is 0 Å². The maximum absolute atomic E-state index is 5.87. The van der Waals surface area contributed by atoms with E-state index in [1.54, 1.807) is 0 Å². The molecule has 0 aromatic heterocycles. The smallest absolute Gasteiger partial charge is 0.0407 e. The van der Waals surface area contributed by atoms with Crippen LogP contribution in [0.5, 0.6) is 0 Å². The molecule has 1 heterocycles. The van der Waals surface area contributed by atoms with Crippen LogP contribution in [-0.2, 0) is 0 Å². The third kappa shape index (κ3) is 2.44. The number of hydrogen-bond donors (Lipinski definition) is 0. The fraction of sp³-hybridized carbons (Fsp3) is 0.500. The van der Waals surface area contributed by atoms with Crippen molar-refractivity contribution >= 4 is 17.3 Å². The highest BCUT2D eigenvalue weighted by atomic mass is 35.5. The van der Waals surface area contributed by atoms with E-state index in [0.29, 0.717) is 6.04 Å². The van der Waals surface area contributed by atoms with Gasteiger partial charge >= 0.3 is 0 Å². The van der Waals surface area contributed by atoms with Gasteiger partial charge in [0, 0.05) is 29.8 Å². The second-order valence-electron chi connectivity index (χ2n) is 4.33. The van der Waals surface area contributed by atoms with Crippen LogP contribution in [0.25, 0.3) is 0 Å². The molecule has 1 saturated heterocycles. The van der Waals surface area contributed by atoms with Crippen molar-refractivity contribution in [2.45, 2.75) is 12.5 Å². The Kier molecular flexibility index (Phi) is 3.17. The monoisotopic (exact) mass is 224 g/mol. The summed E-state index contributed by atoms with van der Waals surface area (Å²) >= 11 is 5.87. The Morgan fingerprint density at radius 3 is 2.47 bits per heavy atom. The molecule has 0 bridgehead atoms. The lowest BCUT2D eigenvalue weighted by Crippen LogP contribution is -2.31. The number of likely N-dealkylation sites (N-methyl/N-ethyl adjacent to an activating group) is 1. The van der Waals surface area contributed by atoms with Crippen LogP contribution in [0.15, 0.2) is 24.3 Å². The van der Waals surface area contributed by atoms with Crippen molar-refractivity contribution in [1.82, 2.24) is 4.90 Å². The van der Waals surface area contributed by atoms with Crippen molar-refractivity contribution in [1.29, 1.82) is 0 Å². The van der Waals surface area contributed by atoms with E-state index in [2.05, 4.69) is 36.0 Å². The zero-order chi connectivity index (χ0) is 10.8. The average Bonchev–Trinajstić information content (AvgIpc) is 2.68. The Balaban J connectivity index is 2.04. The predicted octanol–water partition coefficient (Wildman–Crippen LogP) is 2.48. The van der Waals surface area contributed by atoms with Crippen molar-refractivity contribution in [3.8, 4) is 0 Å². The first-order valence-corrected chi connectivity index (χ1v) is 5.71. The molecule has 0 N–H and O–H groups in total. The molecule has 15 heavy (non-hydrogen) atoms. The minimum absolute atomic E-state index is 0.681. The molecule has 0 amide bonds. The van der Waals surface area contributed by atoms with E-state index in [1.807, 2.05) is 12.1 Å². The minimum atomic E-state index is 0.681. The first-order chi connectivity index (χ1) is 7.16. The third-order valence-corrected chi connectivity index (χ3v) is 3.34. The van der Waals surface area contributed by atoms with Crippen LogP contribution in [0.4, 0.5) is 5.69 Å². The topological polar surface area (TPSA) is 6.48 Å². The molecule has 0 saturated carbocycles. The summed E-state index contributed by atoms with van der Waals surface area (Å²) in [5, 5.41) is 0.808. The highest BCUT2D eigenvalue weighted by molar-refractivity contribution is 6.30. The zero-order valence-corrected chi connectivity index (χ0v) is 10.0. The highest BCUT2D eigenvalue weighted by Crippen LogP contribution is 2.23. The number of anilines is 1. The fourth-order valence-corrected chi connectivity index (χ4v) is 2.18. The van der Waals surface area contributed by atoms with Gasteiger partial charge < -0.3 is 9.80 Å². The molecule has 3 heteroatoms. The van der Waals surface area contributed by atoms with E-state index in [4.69, 9.17) is 11.6 Å². The molecule has 1 aromatic rings. The third-order valence-electron chi connectivity index (χ3n) is 3.09. The number of hydrogen-bond acceptors (Lipinski definition) is 2. The fourth-order valence-electron chi connectivity index (χ4n) is 2.05. The van der Waals surface area contributed by atoms with Crippen LogP contribution >= 0.6 is 11.6 Å². The van der Waals surface area contributed by atoms with Crippen LogP contribution in [0.1, 0.15) is 6.42 Å². The number of rotatable bonds is 2. The van der Waals surface area contributed by atoms with Crippen LogP contribution < -0.4 is 4.90 Å². The maximum atomic E-state index is 5.87. The molecule has 1 fully saturated rings.